The maximum atomic E-state index is 14.1. The Balaban J connectivity index is 2.33. The van der Waals surface area contributed by atoms with Crippen molar-refractivity contribution >= 4 is 11.7 Å². The first kappa shape index (κ1) is 14.7. The van der Waals surface area contributed by atoms with Crippen molar-refractivity contribution < 1.29 is 23.0 Å². The molecule has 20 heavy (non-hydrogen) atoms. The first-order chi connectivity index (χ1) is 9.42. The summed E-state index contributed by atoms with van der Waals surface area (Å²) < 4.78 is 38.0. The quantitative estimate of drug-likeness (QED) is 0.782. The van der Waals surface area contributed by atoms with Gasteiger partial charge in [-0.15, -0.1) is 0 Å². The highest BCUT2D eigenvalue weighted by molar-refractivity contribution is 5.90. The standard InChI is InChI=1S/C14H17F2NO3/c1-8-6-17(7-9(2)20-8)13-5-11(15)10(4-12(13)16)14(18)19-3/h4-5,8-9H,6-7H2,1-3H3/t8-,9-/m0/s1. The maximum absolute atomic E-state index is 14.1. The molecule has 1 aromatic rings. The fraction of sp³-hybridized carbons (Fsp3) is 0.500. The normalized spacial score (nSPS) is 22.8. The Hall–Kier alpha value is -1.69. The molecule has 2 atom stereocenters. The van der Waals surface area contributed by atoms with E-state index in [1.54, 1.807) is 4.90 Å². The van der Waals surface area contributed by atoms with Crippen molar-refractivity contribution in [3.8, 4) is 0 Å². The van der Waals surface area contributed by atoms with Gasteiger partial charge in [-0.2, -0.15) is 0 Å². The lowest BCUT2D eigenvalue weighted by molar-refractivity contribution is -0.00542. The molecule has 0 bridgehead atoms. The average Bonchev–Trinajstić information content (AvgIpc) is 2.39. The molecule has 6 heteroatoms. The summed E-state index contributed by atoms with van der Waals surface area (Å²) >= 11 is 0. The molecule has 0 radical (unpaired) electrons. The van der Waals surface area contributed by atoms with Gasteiger partial charge < -0.3 is 14.4 Å². The van der Waals surface area contributed by atoms with Gasteiger partial charge in [0.2, 0.25) is 0 Å². The molecule has 1 fully saturated rings. The van der Waals surface area contributed by atoms with Crippen LogP contribution in [0.15, 0.2) is 12.1 Å². The highest BCUT2D eigenvalue weighted by Crippen LogP contribution is 2.26. The molecule has 2 rings (SSSR count). The van der Waals surface area contributed by atoms with Crippen molar-refractivity contribution in [1.29, 1.82) is 0 Å². The molecule has 1 aliphatic rings. The predicted molar refractivity (Wildman–Crippen MR) is 69.9 cm³/mol. The molecule has 0 aliphatic carbocycles. The highest BCUT2D eigenvalue weighted by atomic mass is 19.1. The second-order valence-electron chi connectivity index (χ2n) is 4.94. The minimum absolute atomic E-state index is 0.0681. The molecule has 0 spiro atoms. The van der Waals surface area contributed by atoms with Crippen LogP contribution >= 0.6 is 0 Å². The van der Waals surface area contributed by atoms with E-state index in [4.69, 9.17) is 4.74 Å². The first-order valence-corrected chi connectivity index (χ1v) is 6.40. The Morgan fingerprint density at radius 2 is 1.85 bits per heavy atom. The largest absolute Gasteiger partial charge is 0.465 e. The third-order valence-corrected chi connectivity index (χ3v) is 3.20. The van der Waals surface area contributed by atoms with E-state index in [1.165, 1.54) is 0 Å². The van der Waals surface area contributed by atoms with Crippen LogP contribution in [0.1, 0.15) is 24.2 Å². The smallest absolute Gasteiger partial charge is 0.340 e. The summed E-state index contributed by atoms with van der Waals surface area (Å²) in [5.41, 5.74) is -0.264. The van der Waals surface area contributed by atoms with E-state index >= 15 is 0 Å². The lowest BCUT2D eigenvalue weighted by Crippen LogP contribution is -2.45. The zero-order valence-corrected chi connectivity index (χ0v) is 11.7. The zero-order valence-electron chi connectivity index (χ0n) is 11.7. The van der Waals surface area contributed by atoms with E-state index < -0.39 is 23.2 Å². The van der Waals surface area contributed by atoms with E-state index in [0.717, 1.165) is 19.2 Å². The Morgan fingerprint density at radius 3 is 2.40 bits per heavy atom. The molecule has 1 heterocycles. The van der Waals surface area contributed by atoms with Crippen LogP contribution < -0.4 is 4.90 Å². The number of hydrogen-bond acceptors (Lipinski definition) is 4. The van der Waals surface area contributed by atoms with Crippen LogP contribution in [0.4, 0.5) is 14.5 Å². The summed E-state index contributed by atoms with van der Waals surface area (Å²) in [6.45, 7) is 4.69. The number of carbonyl (C=O) groups excluding carboxylic acids is 1. The third kappa shape index (κ3) is 2.90. The van der Waals surface area contributed by atoms with Gasteiger partial charge in [0.05, 0.1) is 30.6 Å². The van der Waals surface area contributed by atoms with Crippen LogP contribution in [0.2, 0.25) is 0 Å². The Morgan fingerprint density at radius 1 is 1.25 bits per heavy atom. The highest BCUT2D eigenvalue weighted by Gasteiger charge is 2.26. The van der Waals surface area contributed by atoms with E-state index in [2.05, 4.69) is 4.74 Å². The van der Waals surface area contributed by atoms with E-state index in [1.807, 2.05) is 13.8 Å². The number of ether oxygens (including phenoxy) is 2. The molecule has 4 nitrogen and oxygen atoms in total. The molecule has 0 saturated carbocycles. The van der Waals surface area contributed by atoms with Gasteiger partial charge in [0.25, 0.3) is 0 Å². The van der Waals surface area contributed by atoms with Crippen LogP contribution in [0.3, 0.4) is 0 Å². The predicted octanol–water partition coefficient (Wildman–Crippen LogP) is 2.37. The molecule has 1 aromatic carbocycles. The Kier molecular flexibility index (Phi) is 4.23. The maximum Gasteiger partial charge on any atom is 0.340 e. The van der Waals surface area contributed by atoms with Crippen LogP contribution in [-0.2, 0) is 9.47 Å². The number of esters is 1. The molecule has 0 aromatic heterocycles. The number of nitrogens with zero attached hydrogens (tertiary/aromatic N) is 1. The lowest BCUT2D eigenvalue weighted by Gasteiger charge is -2.37. The van der Waals surface area contributed by atoms with Crippen molar-refractivity contribution in [2.75, 3.05) is 25.1 Å². The minimum Gasteiger partial charge on any atom is -0.465 e. The molecular formula is C14H17F2NO3. The molecule has 0 N–H and O–H groups in total. The number of benzene rings is 1. The average molecular weight is 285 g/mol. The second-order valence-corrected chi connectivity index (χ2v) is 4.94. The number of methoxy groups -OCH3 is 1. The van der Waals surface area contributed by atoms with Crippen molar-refractivity contribution in [1.82, 2.24) is 0 Å². The number of hydrogen-bond donors (Lipinski definition) is 0. The van der Waals surface area contributed by atoms with Crippen LogP contribution in [0.5, 0.6) is 0 Å². The van der Waals surface area contributed by atoms with Gasteiger partial charge in [-0.3, -0.25) is 0 Å². The third-order valence-electron chi connectivity index (χ3n) is 3.20. The van der Waals surface area contributed by atoms with Crippen molar-refractivity contribution in [3.05, 3.63) is 29.3 Å². The van der Waals surface area contributed by atoms with Gasteiger partial charge in [-0.1, -0.05) is 0 Å². The van der Waals surface area contributed by atoms with Crippen molar-refractivity contribution in [3.63, 3.8) is 0 Å². The van der Waals surface area contributed by atoms with E-state index in [-0.39, 0.29) is 17.9 Å². The topological polar surface area (TPSA) is 38.8 Å². The van der Waals surface area contributed by atoms with E-state index in [0.29, 0.717) is 13.1 Å². The van der Waals surface area contributed by atoms with Gasteiger partial charge in [0.15, 0.2) is 0 Å². The number of morpholine rings is 1. The fourth-order valence-corrected chi connectivity index (χ4v) is 2.42. The van der Waals surface area contributed by atoms with Crippen molar-refractivity contribution in [2.45, 2.75) is 26.1 Å². The summed E-state index contributed by atoms with van der Waals surface area (Å²) in [6.07, 6.45) is -0.136. The fourth-order valence-electron chi connectivity index (χ4n) is 2.42. The lowest BCUT2D eigenvalue weighted by atomic mass is 10.1. The zero-order chi connectivity index (χ0) is 14.9. The molecule has 1 aliphatic heterocycles. The van der Waals surface area contributed by atoms with Gasteiger partial charge in [-0.25, -0.2) is 13.6 Å². The molecule has 0 unspecified atom stereocenters. The summed E-state index contributed by atoms with van der Waals surface area (Å²) in [7, 11) is 1.12. The van der Waals surface area contributed by atoms with Crippen LogP contribution in [0, 0.1) is 11.6 Å². The first-order valence-electron chi connectivity index (χ1n) is 6.40. The summed E-state index contributed by atoms with van der Waals surface area (Å²) in [4.78, 5) is 13.0. The summed E-state index contributed by atoms with van der Waals surface area (Å²) in [5.74, 6) is -2.33. The molecule has 0 amide bonds. The summed E-state index contributed by atoms with van der Waals surface area (Å²) in [5, 5.41) is 0. The van der Waals surface area contributed by atoms with Crippen molar-refractivity contribution in [2.24, 2.45) is 0 Å². The minimum atomic E-state index is -0.892. The second kappa shape index (κ2) is 5.75. The SMILES string of the molecule is COC(=O)c1cc(F)c(N2C[C@H](C)O[C@@H](C)C2)cc1F. The van der Waals surface area contributed by atoms with Crippen LogP contribution in [0.25, 0.3) is 0 Å². The number of anilines is 1. The van der Waals surface area contributed by atoms with Gasteiger partial charge in [0.1, 0.15) is 11.6 Å². The molecular weight excluding hydrogens is 268 g/mol. The number of halogens is 2. The van der Waals surface area contributed by atoms with Gasteiger partial charge in [-0.05, 0) is 19.9 Å². The monoisotopic (exact) mass is 285 g/mol. The van der Waals surface area contributed by atoms with Crippen LogP contribution in [-0.4, -0.2) is 38.4 Å². The van der Waals surface area contributed by atoms with Gasteiger partial charge >= 0.3 is 5.97 Å². The number of rotatable bonds is 2. The summed E-state index contributed by atoms with van der Waals surface area (Å²) in [6, 6.07) is 1.91. The number of carbonyl (C=O) groups is 1. The molecule has 1 saturated heterocycles. The Labute approximate surface area is 116 Å². The van der Waals surface area contributed by atoms with Gasteiger partial charge in [0, 0.05) is 19.2 Å². The van der Waals surface area contributed by atoms with E-state index in [9.17, 15) is 13.6 Å². The Bertz CT molecular complexity index is 511. The molecule has 110 valence electrons.